The van der Waals surface area contributed by atoms with E-state index in [-0.39, 0.29) is 22.6 Å². The summed E-state index contributed by atoms with van der Waals surface area (Å²) in [6.07, 6.45) is 2.88. The highest BCUT2D eigenvalue weighted by atomic mass is 35.5. The third kappa shape index (κ3) is 3.02. The second-order valence-corrected chi connectivity index (χ2v) is 6.47. The van der Waals surface area contributed by atoms with E-state index in [1.165, 1.54) is 4.90 Å². The van der Waals surface area contributed by atoms with Crippen molar-refractivity contribution < 1.29 is 13.2 Å². The molecule has 2 heterocycles. The van der Waals surface area contributed by atoms with Gasteiger partial charge in [0, 0.05) is 20.1 Å². The maximum Gasteiger partial charge on any atom is 0.246 e. The summed E-state index contributed by atoms with van der Waals surface area (Å²) in [5, 5.41) is -0.0226. The maximum absolute atomic E-state index is 12.3. The van der Waals surface area contributed by atoms with Gasteiger partial charge in [-0.2, -0.15) is 4.31 Å². The molecular formula is C10H13ClN4O3S. The van der Waals surface area contributed by atoms with Crippen LogP contribution < -0.4 is 0 Å². The highest BCUT2D eigenvalue weighted by Crippen LogP contribution is 2.17. The highest BCUT2D eigenvalue weighted by molar-refractivity contribution is 7.89. The predicted molar refractivity (Wildman–Crippen MR) is 68.1 cm³/mol. The van der Waals surface area contributed by atoms with E-state index in [1.807, 2.05) is 0 Å². The molecule has 0 aromatic carbocycles. The maximum atomic E-state index is 12.3. The van der Waals surface area contributed by atoms with Crippen molar-refractivity contribution in [2.75, 3.05) is 26.7 Å². The molecule has 1 aliphatic rings. The Labute approximate surface area is 116 Å². The quantitative estimate of drug-likeness (QED) is 0.717. The van der Waals surface area contributed by atoms with Crippen LogP contribution >= 0.6 is 11.6 Å². The first-order valence-corrected chi connectivity index (χ1v) is 7.45. The Balaban J connectivity index is 2.28. The van der Waals surface area contributed by atoms with Gasteiger partial charge in [-0.3, -0.25) is 4.79 Å². The fraction of sp³-hybridized carbons (Fsp3) is 0.500. The number of sulfonamides is 1. The molecule has 0 N–H and O–H groups in total. The molecule has 0 unspecified atom stereocenters. The van der Waals surface area contributed by atoms with E-state index in [4.69, 9.17) is 11.6 Å². The first-order valence-electron chi connectivity index (χ1n) is 5.63. The number of carbonyl (C=O) groups excluding carboxylic acids is 1. The first kappa shape index (κ1) is 14.2. The van der Waals surface area contributed by atoms with Crippen LogP contribution in [0.15, 0.2) is 17.3 Å². The van der Waals surface area contributed by atoms with Gasteiger partial charge in [-0.25, -0.2) is 18.4 Å². The molecule has 1 amide bonds. The lowest BCUT2D eigenvalue weighted by Gasteiger charge is -2.18. The molecule has 2 rings (SSSR count). The third-order valence-corrected chi connectivity index (χ3v) is 4.87. The van der Waals surface area contributed by atoms with Crippen molar-refractivity contribution in [1.29, 1.82) is 0 Å². The second kappa shape index (κ2) is 5.40. The predicted octanol–water partition coefficient (Wildman–Crippen LogP) is -0.0172. The monoisotopic (exact) mass is 304 g/mol. The number of likely N-dealkylation sites (N-methyl/N-ethyl adjacent to an activating group) is 1. The van der Waals surface area contributed by atoms with E-state index in [9.17, 15) is 13.2 Å². The van der Waals surface area contributed by atoms with Gasteiger partial charge in [-0.1, -0.05) is 0 Å². The molecule has 0 saturated carbocycles. The Morgan fingerprint density at radius 3 is 2.53 bits per heavy atom. The Kier molecular flexibility index (Phi) is 4.02. The standard InChI is InChI=1S/C10H13ClN4O3S/c1-14-3-2-4-15(7-9(14)16)19(17,18)8-5-12-10(11)13-6-8/h5-6H,2-4,7H2,1H3. The minimum Gasteiger partial charge on any atom is -0.345 e. The number of halogens is 1. The van der Waals surface area contributed by atoms with Crippen molar-refractivity contribution in [1.82, 2.24) is 19.2 Å². The normalized spacial score (nSPS) is 18.4. The average molecular weight is 305 g/mol. The first-order chi connectivity index (χ1) is 8.91. The van der Waals surface area contributed by atoms with Crippen molar-refractivity contribution in [2.45, 2.75) is 11.3 Å². The molecule has 19 heavy (non-hydrogen) atoms. The number of rotatable bonds is 2. The van der Waals surface area contributed by atoms with Gasteiger partial charge < -0.3 is 4.90 Å². The molecule has 0 spiro atoms. The molecule has 0 aliphatic carbocycles. The average Bonchev–Trinajstić information content (AvgIpc) is 2.53. The van der Waals surface area contributed by atoms with Crippen LogP contribution in [0.25, 0.3) is 0 Å². The summed E-state index contributed by atoms with van der Waals surface area (Å²) in [4.78, 5) is 20.5. The molecule has 104 valence electrons. The molecule has 0 bridgehead atoms. The van der Waals surface area contributed by atoms with Crippen LogP contribution in [0.1, 0.15) is 6.42 Å². The molecule has 0 atom stereocenters. The number of hydrogen-bond donors (Lipinski definition) is 0. The van der Waals surface area contributed by atoms with Crippen LogP contribution in [0.5, 0.6) is 0 Å². The van der Waals surface area contributed by atoms with E-state index in [1.54, 1.807) is 7.05 Å². The summed E-state index contributed by atoms with van der Waals surface area (Å²) in [5.41, 5.74) is 0. The van der Waals surface area contributed by atoms with E-state index >= 15 is 0 Å². The zero-order valence-corrected chi connectivity index (χ0v) is 11.9. The van der Waals surface area contributed by atoms with Gasteiger partial charge in [0.2, 0.25) is 21.2 Å². The fourth-order valence-corrected chi connectivity index (χ4v) is 3.16. The molecule has 1 aliphatic heterocycles. The summed E-state index contributed by atoms with van der Waals surface area (Å²) >= 11 is 5.52. The van der Waals surface area contributed by atoms with Crippen LogP contribution in [-0.2, 0) is 14.8 Å². The van der Waals surface area contributed by atoms with Crippen molar-refractivity contribution in [3.05, 3.63) is 17.7 Å². The van der Waals surface area contributed by atoms with E-state index in [2.05, 4.69) is 9.97 Å². The molecule has 1 aromatic heterocycles. The van der Waals surface area contributed by atoms with Gasteiger partial charge in [0.25, 0.3) is 0 Å². The SMILES string of the molecule is CN1CCCN(S(=O)(=O)c2cnc(Cl)nc2)CC1=O. The Morgan fingerprint density at radius 2 is 1.89 bits per heavy atom. The third-order valence-electron chi connectivity index (χ3n) is 2.87. The van der Waals surface area contributed by atoms with Crippen molar-refractivity contribution in [3.63, 3.8) is 0 Å². The summed E-state index contributed by atoms with van der Waals surface area (Å²) in [5.74, 6) is -0.226. The van der Waals surface area contributed by atoms with Crippen LogP contribution in [-0.4, -0.2) is 60.2 Å². The minimum absolute atomic E-state index is 0.0226. The molecule has 9 heteroatoms. The minimum atomic E-state index is -3.76. The van der Waals surface area contributed by atoms with E-state index < -0.39 is 10.0 Å². The number of carbonyl (C=O) groups is 1. The molecule has 7 nitrogen and oxygen atoms in total. The topological polar surface area (TPSA) is 83.5 Å². The molecule has 1 aromatic rings. The van der Waals surface area contributed by atoms with Gasteiger partial charge >= 0.3 is 0 Å². The van der Waals surface area contributed by atoms with Crippen LogP contribution in [0.4, 0.5) is 0 Å². The summed E-state index contributed by atoms with van der Waals surface area (Å²) in [7, 11) is -2.10. The van der Waals surface area contributed by atoms with Crippen molar-refractivity contribution >= 4 is 27.5 Å². The molecule has 0 radical (unpaired) electrons. The summed E-state index contributed by atoms with van der Waals surface area (Å²) < 4.78 is 25.8. The van der Waals surface area contributed by atoms with Crippen molar-refractivity contribution in [2.24, 2.45) is 0 Å². The number of hydrogen-bond acceptors (Lipinski definition) is 5. The zero-order valence-electron chi connectivity index (χ0n) is 10.3. The van der Waals surface area contributed by atoms with Crippen molar-refractivity contribution in [3.8, 4) is 0 Å². The van der Waals surface area contributed by atoms with E-state index in [0.717, 1.165) is 16.7 Å². The molecular weight excluding hydrogens is 292 g/mol. The van der Waals surface area contributed by atoms with Gasteiger partial charge in [0.05, 0.1) is 18.9 Å². The lowest BCUT2D eigenvalue weighted by molar-refractivity contribution is -0.129. The number of nitrogens with zero attached hydrogens (tertiary/aromatic N) is 4. The van der Waals surface area contributed by atoms with Crippen LogP contribution in [0.3, 0.4) is 0 Å². The van der Waals surface area contributed by atoms with E-state index in [0.29, 0.717) is 19.5 Å². The number of amides is 1. The number of aromatic nitrogens is 2. The van der Waals surface area contributed by atoms with Gasteiger partial charge in [-0.15, -0.1) is 0 Å². The Morgan fingerprint density at radius 1 is 1.26 bits per heavy atom. The summed E-state index contributed by atoms with van der Waals surface area (Å²) in [6.45, 7) is 0.671. The second-order valence-electron chi connectivity index (χ2n) is 4.20. The molecule has 1 fully saturated rings. The summed E-state index contributed by atoms with van der Waals surface area (Å²) in [6, 6.07) is 0. The fourth-order valence-electron chi connectivity index (χ4n) is 1.75. The van der Waals surface area contributed by atoms with Gasteiger partial charge in [0.1, 0.15) is 4.90 Å². The van der Waals surface area contributed by atoms with Crippen LogP contribution in [0.2, 0.25) is 5.28 Å². The zero-order chi connectivity index (χ0) is 14.0. The van der Waals surface area contributed by atoms with Gasteiger partial charge in [0.15, 0.2) is 0 Å². The largest absolute Gasteiger partial charge is 0.345 e. The van der Waals surface area contributed by atoms with Gasteiger partial charge in [-0.05, 0) is 18.0 Å². The Hall–Kier alpha value is -1.25. The lowest BCUT2D eigenvalue weighted by atomic mass is 10.4. The highest BCUT2D eigenvalue weighted by Gasteiger charge is 2.30. The Bertz CT molecular complexity index is 575. The molecule has 1 saturated heterocycles. The smallest absolute Gasteiger partial charge is 0.246 e. The van der Waals surface area contributed by atoms with Crippen LogP contribution in [0, 0.1) is 0 Å². The lowest BCUT2D eigenvalue weighted by Crippen LogP contribution is -2.38.